The number of rotatable bonds is 6. The predicted octanol–water partition coefficient (Wildman–Crippen LogP) is 8.80. The standard InChI is InChI=1S/C19H20N2.C10H14.2BF4/c1-2-20-12-8-18(9-13-20)19-10-14-21(15-11-19)16-17-6-4-3-5-7-17;1-3-9(2)10-7-5-4-6-8-10;2*2-1(3,4)5/h3-15H,2,16H2,1H3;4-9H,3H2,1-2H3;;/q+2;;2*-1/t;9-;;/m.1../s1. The molecule has 4 aromatic rings. The Balaban J connectivity index is 0.000000347. The zero-order chi connectivity index (χ0) is 30.9. The van der Waals surface area contributed by atoms with Gasteiger partial charge in [-0.15, -0.1) is 0 Å². The summed E-state index contributed by atoms with van der Waals surface area (Å²) in [7, 11) is -12.0. The smallest absolute Gasteiger partial charge is 0.418 e. The highest BCUT2D eigenvalue weighted by molar-refractivity contribution is 6.50. The van der Waals surface area contributed by atoms with Crippen LogP contribution in [-0.4, -0.2) is 14.5 Å². The molecule has 222 valence electrons. The fourth-order valence-electron chi connectivity index (χ4n) is 3.43. The minimum atomic E-state index is -6.00. The molecule has 12 heteroatoms. The van der Waals surface area contributed by atoms with E-state index in [0.717, 1.165) is 13.1 Å². The van der Waals surface area contributed by atoms with E-state index in [4.69, 9.17) is 0 Å². The molecule has 0 spiro atoms. The van der Waals surface area contributed by atoms with Crippen molar-refractivity contribution >= 4 is 14.5 Å². The Morgan fingerprint density at radius 3 is 1.29 bits per heavy atom. The maximum absolute atomic E-state index is 9.75. The topological polar surface area (TPSA) is 7.76 Å². The first-order valence-electron chi connectivity index (χ1n) is 13.0. The highest BCUT2D eigenvalue weighted by Gasteiger charge is 2.21. The van der Waals surface area contributed by atoms with Crippen molar-refractivity contribution in [1.29, 1.82) is 0 Å². The number of aryl methyl sites for hydroxylation is 1. The SMILES string of the molecule is CC[C@@H](C)c1ccccc1.CC[n+]1ccc(-c2cc[n+](Cc3ccccc3)cc2)cc1.F[B-](F)(F)F.F[B-](F)(F)F. The molecule has 1 atom stereocenters. The van der Waals surface area contributed by atoms with E-state index >= 15 is 0 Å². The van der Waals surface area contributed by atoms with E-state index in [1.54, 1.807) is 0 Å². The maximum atomic E-state index is 9.75. The molecule has 0 fully saturated rings. The van der Waals surface area contributed by atoms with Crippen LogP contribution in [0.3, 0.4) is 0 Å². The summed E-state index contributed by atoms with van der Waals surface area (Å²) >= 11 is 0. The number of nitrogens with zero attached hydrogens (tertiary/aromatic N) is 2. The molecule has 0 saturated heterocycles. The second-order valence-corrected chi connectivity index (χ2v) is 8.87. The molecule has 4 rings (SSSR count). The summed E-state index contributed by atoms with van der Waals surface area (Å²) in [4.78, 5) is 0. The van der Waals surface area contributed by atoms with Crippen LogP contribution in [0, 0.1) is 0 Å². The number of benzene rings is 2. The molecule has 0 aliphatic rings. The Morgan fingerprint density at radius 1 is 0.561 bits per heavy atom. The van der Waals surface area contributed by atoms with Gasteiger partial charge in [0.2, 0.25) is 0 Å². The number of hydrogen-bond acceptors (Lipinski definition) is 0. The van der Waals surface area contributed by atoms with Gasteiger partial charge in [-0.25, -0.2) is 9.13 Å². The van der Waals surface area contributed by atoms with Crippen molar-refractivity contribution in [3.63, 3.8) is 0 Å². The lowest BCUT2D eigenvalue weighted by Crippen LogP contribution is -2.33. The summed E-state index contributed by atoms with van der Waals surface area (Å²) in [5, 5.41) is 0. The Hall–Kier alpha value is -3.69. The predicted molar refractivity (Wildman–Crippen MR) is 149 cm³/mol. The Labute approximate surface area is 236 Å². The molecule has 0 N–H and O–H groups in total. The number of aromatic nitrogens is 2. The molecule has 0 radical (unpaired) electrons. The van der Waals surface area contributed by atoms with Gasteiger partial charge in [-0.1, -0.05) is 74.5 Å². The zero-order valence-corrected chi connectivity index (χ0v) is 23.2. The van der Waals surface area contributed by atoms with Crippen LogP contribution < -0.4 is 9.13 Å². The van der Waals surface area contributed by atoms with Crippen LogP contribution in [0.5, 0.6) is 0 Å². The molecule has 0 saturated carbocycles. The van der Waals surface area contributed by atoms with Gasteiger partial charge >= 0.3 is 14.5 Å². The van der Waals surface area contributed by atoms with Crippen LogP contribution in [0.25, 0.3) is 11.1 Å². The Bertz CT molecular complexity index is 1200. The van der Waals surface area contributed by atoms with Crippen LogP contribution in [0.15, 0.2) is 110 Å². The molecule has 0 aliphatic heterocycles. The molecular formula is C29H34B2F8N2. The van der Waals surface area contributed by atoms with E-state index in [9.17, 15) is 34.5 Å². The lowest BCUT2D eigenvalue weighted by Gasteiger charge is -2.06. The summed E-state index contributed by atoms with van der Waals surface area (Å²) < 4.78 is 82.4. The molecule has 2 nitrogen and oxygen atoms in total. The maximum Gasteiger partial charge on any atom is 0.673 e. The van der Waals surface area contributed by atoms with Gasteiger partial charge in [0.1, 0.15) is 6.54 Å². The molecule has 0 amide bonds. The molecule has 0 unspecified atom stereocenters. The average molecular weight is 584 g/mol. The van der Waals surface area contributed by atoms with Gasteiger partial charge < -0.3 is 34.5 Å². The lowest BCUT2D eigenvalue weighted by atomic mass is 9.99. The highest BCUT2D eigenvalue weighted by atomic mass is 19.5. The van der Waals surface area contributed by atoms with Crippen LogP contribution >= 0.6 is 0 Å². The van der Waals surface area contributed by atoms with Crippen LogP contribution in [0.4, 0.5) is 34.5 Å². The van der Waals surface area contributed by atoms with Crippen molar-refractivity contribution in [1.82, 2.24) is 0 Å². The third kappa shape index (κ3) is 18.3. The second kappa shape index (κ2) is 17.9. The summed E-state index contributed by atoms with van der Waals surface area (Å²) in [6, 6.07) is 29.8. The fourth-order valence-corrected chi connectivity index (χ4v) is 3.43. The van der Waals surface area contributed by atoms with Gasteiger partial charge in [-0.3, -0.25) is 0 Å². The quantitative estimate of drug-likeness (QED) is 0.122. The van der Waals surface area contributed by atoms with E-state index < -0.39 is 14.5 Å². The minimum Gasteiger partial charge on any atom is -0.418 e. The zero-order valence-electron chi connectivity index (χ0n) is 23.2. The van der Waals surface area contributed by atoms with Crippen LogP contribution in [-0.2, 0) is 13.1 Å². The molecule has 0 bridgehead atoms. The lowest BCUT2D eigenvalue weighted by molar-refractivity contribution is -0.693. The van der Waals surface area contributed by atoms with Crippen molar-refractivity contribution in [2.45, 2.75) is 46.2 Å². The molecule has 41 heavy (non-hydrogen) atoms. The Kier molecular flexibility index (Phi) is 15.4. The Morgan fingerprint density at radius 2 is 0.927 bits per heavy atom. The van der Waals surface area contributed by atoms with Crippen LogP contribution in [0.2, 0.25) is 0 Å². The van der Waals surface area contributed by atoms with E-state index in [1.165, 1.54) is 28.7 Å². The van der Waals surface area contributed by atoms with Gasteiger partial charge in [0.25, 0.3) is 0 Å². The van der Waals surface area contributed by atoms with Crippen molar-refractivity contribution < 1.29 is 43.7 Å². The molecule has 2 aromatic carbocycles. The van der Waals surface area contributed by atoms with Crippen molar-refractivity contribution in [3.8, 4) is 11.1 Å². The number of hydrogen-bond donors (Lipinski definition) is 0. The molecule has 2 heterocycles. The number of pyridine rings is 2. The first-order valence-corrected chi connectivity index (χ1v) is 13.0. The third-order valence-electron chi connectivity index (χ3n) is 5.67. The molecule has 0 aliphatic carbocycles. The van der Waals surface area contributed by atoms with Gasteiger partial charge in [0.15, 0.2) is 31.3 Å². The molecular weight excluding hydrogens is 550 g/mol. The van der Waals surface area contributed by atoms with E-state index in [0.29, 0.717) is 5.92 Å². The summed E-state index contributed by atoms with van der Waals surface area (Å²) in [5.74, 6) is 0.709. The summed E-state index contributed by atoms with van der Waals surface area (Å²) in [5.41, 5.74) is 5.28. The molecule has 2 aromatic heterocycles. The first-order chi connectivity index (χ1) is 19.2. The largest absolute Gasteiger partial charge is 0.673 e. The van der Waals surface area contributed by atoms with Crippen molar-refractivity contribution in [2.24, 2.45) is 0 Å². The average Bonchev–Trinajstić information content (AvgIpc) is 2.93. The fraction of sp³-hybridized carbons (Fsp3) is 0.241. The number of halogens is 8. The first kappa shape index (κ1) is 35.3. The van der Waals surface area contributed by atoms with E-state index in [1.807, 2.05) is 0 Å². The van der Waals surface area contributed by atoms with Gasteiger partial charge in [-0.05, 0) is 36.0 Å². The van der Waals surface area contributed by atoms with Gasteiger partial charge in [0.05, 0.1) is 0 Å². The van der Waals surface area contributed by atoms with Crippen molar-refractivity contribution in [3.05, 3.63) is 121 Å². The minimum absolute atomic E-state index is 0.709. The highest BCUT2D eigenvalue weighted by Crippen LogP contribution is 2.17. The summed E-state index contributed by atoms with van der Waals surface area (Å²) in [6.07, 6.45) is 9.76. The van der Waals surface area contributed by atoms with E-state index in [-0.39, 0.29) is 0 Å². The van der Waals surface area contributed by atoms with Crippen LogP contribution in [0.1, 0.15) is 44.2 Å². The normalized spacial score (nSPS) is 11.5. The van der Waals surface area contributed by atoms with E-state index in [2.05, 4.69) is 140 Å². The van der Waals surface area contributed by atoms with Gasteiger partial charge in [0, 0.05) is 29.8 Å². The third-order valence-corrected chi connectivity index (χ3v) is 5.67. The monoisotopic (exact) mass is 584 g/mol. The summed E-state index contributed by atoms with van der Waals surface area (Å²) in [6.45, 7) is 8.54. The van der Waals surface area contributed by atoms with Gasteiger partial charge in [-0.2, -0.15) is 0 Å². The van der Waals surface area contributed by atoms with Crippen molar-refractivity contribution in [2.75, 3.05) is 0 Å². The second-order valence-electron chi connectivity index (χ2n) is 8.87.